The molecule has 11 nitrogen and oxygen atoms in total. The molecule has 1 aromatic heterocycles. The molecular weight excluding hydrogens is 538 g/mol. The van der Waals surface area contributed by atoms with E-state index in [4.69, 9.17) is 22.5 Å². The van der Waals surface area contributed by atoms with Crippen LogP contribution in [0.15, 0.2) is 15.8 Å². The van der Waals surface area contributed by atoms with Crippen LogP contribution in [0.1, 0.15) is 73.6 Å². The SMILES string of the molecule is Cc1cn([C@@H]2O[C@]34CO[Si](C(C)C)(C(C)C)O[Si](C(C)C)(C(C)C)OC3[C@@H]2ON(CCCO)C4)c(=O)[nH]c1=O. The number of ether oxygens (including phenoxy) is 1. The fraction of sp³-hybridized carbons (Fsp3) is 0.846. The number of nitrogens with zero attached hydrogens (tertiary/aromatic N) is 2. The lowest BCUT2D eigenvalue weighted by Gasteiger charge is -2.55. The molecule has 3 saturated heterocycles. The summed E-state index contributed by atoms with van der Waals surface area (Å²) in [7, 11) is -5.81. The lowest BCUT2D eigenvalue weighted by atomic mass is 9.94. The Balaban J connectivity index is 1.90. The van der Waals surface area contributed by atoms with Gasteiger partial charge in [-0.1, -0.05) is 55.4 Å². The van der Waals surface area contributed by atoms with Gasteiger partial charge in [0.15, 0.2) is 12.3 Å². The molecule has 0 spiro atoms. The number of hydroxylamine groups is 2. The summed E-state index contributed by atoms with van der Waals surface area (Å²) < 4.78 is 29.9. The second-order valence-electron chi connectivity index (χ2n) is 12.6. The highest BCUT2D eigenvalue weighted by Crippen LogP contribution is 2.53. The van der Waals surface area contributed by atoms with Gasteiger partial charge in [-0.25, -0.2) is 4.79 Å². The summed E-state index contributed by atoms with van der Waals surface area (Å²) in [5.41, 5.74) is -0.989. The van der Waals surface area contributed by atoms with Gasteiger partial charge < -0.3 is 22.8 Å². The van der Waals surface area contributed by atoms with Crippen molar-refractivity contribution in [2.75, 3.05) is 26.3 Å². The minimum atomic E-state index is -2.98. The molecule has 1 unspecified atom stereocenters. The van der Waals surface area contributed by atoms with Gasteiger partial charge in [-0.2, -0.15) is 5.06 Å². The Morgan fingerprint density at radius 2 is 1.67 bits per heavy atom. The van der Waals surface area contributed by atoms with Crippen molar-refractivity contribution in [2.24, 2.45) is 0 Å². The van der Waals surface area contributed by atoms with Crippen molar-refractivity contribution < 1.29 is 27.6 Å². The van der Waals surface area contributed by atoms with Gasteiger partial charge >= 0.3 is 22.8 Å². The summed E-state index contributed by atoms with van der Waals surface area (Å²) in [5, 5.41) is 11.3. The normalized spacial score (nSPS) is 30.7. The molecule has 39 heavy (non-hydrogen) atoms. The number of nitrogens with one attached hydrogen (secondary N) is 1. The van der Waals surface area contributed by atoms with E-state index in [0.717, 1.165) is 0 Å². The van der Waals surface area contributed by atoms with Crippen molar-refractivity contribution in [1.29, 1.82) is 0 Å². The van der Waals surface area contributed by atoms with Gasteiger partial charge in [0.1, 0.15) is 11.7 Å². The van der Waals surface area contributed by atoms with Gasteiger partial charge in [0.25, 0.3) is 5.56 Å². The van der Waals surface area contributed by atoms with E-state index in [1.54, 1.807) is 12.0 Å². The molecular formula is C26H47N3O8Si2. The third kappa shape index (κ3) is 5.19. The zero-order valence-corrected chi connectivity index (χ0v) is 26.9. The Bertz CT molecular complexity index is 1120. The van der Waals surface area contributed by atoms with Crippen LogP contribution in [0.2, 0.25) is 22.2 Å². The van der Waals surface area contributed by atoms with Crippen molar-refractivity contribution >= 4 is 17.1 Å². The van der Waals surface area contributed by atoms with Crippen LogP contribution >= 0.6 is 0 Å². The number of hydrogen-bond donors (Lipinski definition) is 2. The Morgan fingerprint density at radius 3 is 2.23 bits per heavy atom. The molecule has 3 fully saturated rings. The number of aryl methyl sites for hydroxylation is 1. The van der Waals surface area contributed by atoms with Gasteiger partial charge in [0.2, 0.25) is 0 Å². The summed E-state index contributed by atoms with van der Waals surface area (Å²) in [6.45, 7) is 20.1. The van der Waals surface area contributed by atoms with E-state index in [9.17, 15) is 14.7 Å². The maximum Gasteiger partial charge on any atom is 0.335 e. The quantitative estimate of drug-likeness (QED) is 0.443. The van der Waals surface area contributed by atoms with Gasteiger partial charge in [-0.05, 0) is 35.5 Å². The third-order valence-electron chi connectivity index (χ3n) is 8.55. The lowest BCUT2D eigenvalue weighted by Crippen LogP contribution is -2.71. The number of H-pyrrole nitrogens is 1. The number of aliphatic hydroxyl groups excluding tert-OH is 1. The van der Waals surface area contributed by atoms with Crippen molar-refractivity contribution in [1.82, 2.24) is 14.6 Å². The number of rotatable bonds is 8. The van der Waals surface area contributed by atoms with E-state index in [1.165, 1.54) is 10.8 Å². The van der Waals surface area contributed by atoms with E-state index >= 15 is 0 Å². The van der Waals surface area contributed by atoms with Crippen molar-refractivity contribution in [3.05, 3.63) is 32.6 Å². The van der Waals surface area contributed by atoms with Crippen LogP contribution in [-0.2, 0) is 22.5 Å². The summed E-state index contributed by atoms with van der Waals surface area (Å²) in [6.07, 6.45) is -0.0567. The molecule has 4 rings (SSSR count). The Labute approximate surface area is 233 Å². The smallest absolute Gasteiger partial charge is 0.335 e. The van der Waals surface area contributed by atoms with Crippen LogP contribution in [0.3, 0.4) is 0 Å². The van der Waals surface area contributed by atoms with Crippen molar-refractivity contribution in [2.45, 2.75) is 115 Å². The molecule has 0 saturated carbocycles. The maximum atomic E-state index is 13.0. The molecule has 222 valence electrons. The Morgan fingerprint density at radius 1 is 1.05 bits per heavy atom. The van der Waals surface area contributed by atoms with Gasteiger partial charge in [0, 0.05) is 24.9 Å². The zero-order chi connectivity index (χ0) is 28.9. The van der Waals surface area contributed by atoms with Crippen LogP contribution in [0.5, 0.6) is 0 Å². The van der Waals surface area contributed by atoms with Crippen LogP contribution in [-0.4, -0.2) is 81.0 Å². The fourth-order valence-electron chi connectivity index (χ4n) is 6.42. The average molecular weight is 586 g/mol. The summed E-state index contributed by atoms with van der Waals surface area (Å²) >= 11 is 0. The molecule has 3 aliphatic heterocycles. The van der Waals surface area contributed by atoms with Crippen LogP contribution in [0.4, 0.5) is 0 Å². The highest BCUT2D eigenvalue weighted by Gasteiger charge is 2.69. The molecule has 4 heterocycles. The molecule has 4 atom stereocenters. The van der Waals surface area contributed by atoms with Crippen molar-refractivity contribution in [3.63, 3.8) is 0 Å². The highest BCUT2D eigenvalue weighted by molar-refractivity contribution is 6.84. The van der Waals surface area contributed by atoms with E-state index < -0.39 is 52.4 Å². The van der Waals surface area contributed by atoms with E-state index in [1.807, 2.05) is 0 Å². The zero-order valence-electron chi connectivity index (χ0n) is 24.9. The first-order valence-electron chi connectivity index (χ1n) is 14.3. The topological polar surface area (TPSA) is 124 Å². The van der Waals surface area contributed by atoms with Crippen molar-refractivity contribution in [3.8, 4) is 0 Å². The van der Waals surface area contributed by atoms with Crippen LogP contribution < -0.4 is 11.2 Å². The third-order valence-corrected chi connectivity index (χ3v) is 18.8. The summed E-state index contributed by atoms with van der Waals surface area (Å²) in [6, 6.07) is 0. The monoisotopic (exact) mass is 585 g/mol. The Hall–Kier alpha value is -1.17. The molecule has 2 N–H and O–H groups in total. The summed E-state index contributed by atoms with van der Waals surface area (Å²) in [4.78, 5) is 34.1. The predicted octanol–water partition coefficient (Wildman–Crippen LogP) is 3.07. The number of aromatic nitrogens is 2. The molecule has 0 radical (unpaired) electrons. The second kappa shape index (κ2) is 11.3. The molecule has 0 aliphatic carbocycles. The molecule has 2 bridgehead atoms. The predicted molar refractivity (Wildman–Crippen MR) is 151 cm³/mol. The van der Waals surface area contributed by atoms with E-state index in [2.05, 4.69) is 60.4 Å². The average Bonchev–Trinajstić information content (AvgIpc) is 3.00. The lowest BCUT2D eigenvalue weighted by molar-refractivity contribution is -0.269. The first-order chi connectivity index (χ1) is 18.2. The Kier molecular flexibility index (Phi) is 8.88. The minimum absolute atomic E-state index is 0.0259. The van der Waals surface area contributed by atoms with E-state index in [-0.39, 0.29) is 35.4 Å². The molecule has 0 aromatic carbocycles. The standard InChI is InChI=1S/C26H47N3O8Si2/c1-16(2)38(17(3)4)33-15-26-14-28(11-10-12-30)35-21(22(26)36-39(37-38,18(5)6)19(7)8)24(34-26)29-13-20(9)23(31)27-25(29)32/h13,16-19,21-22,24,30H,10-12,14-15H2,1-9H3,(H,27,31,32)/t21-,22?,24+,26+/m0/s1. The highest BCUT2D eigenvalue weighted by atomic mass is 28.5. The van der Waals surface area contributed by atoms with Crippen LogP contribution in [0, 0.1) is 6.92 Å². The molecule has 3 aliphatic rings. The van der Waals surface area contributed by atoms with Gasteiger partial charge in [-0.15, -0.1) is 0 Å². The maximum absolute atomic E-state index is 13.0. The van der Waals surface area contributed by atoms with E-state index in [0.29, 0.717) is 25.1 Å². The molecule has 1 aromatic rings. The van der Waals surface area contributed by atoms with Gasteiger partial charge in [-0.3, -0.25) is 19.2 Å². The van der Waals surface area contributed by atoms with Crippen LogP contribution in [0.25, 0.3) is 0 Å². The number of hydrogen-bond acceptors (Lipinski definition) is 9. The molecule has 13 heteroatoms. The number of aromatic amines is 1. The first kappa shape index (κ1) is 30.8. The second-order valence-corrected chi connectivity index (χ2v) is 21.4. The van der Waals surface area contributed by atoms with Gasteiger partial charge in [0.05, 0.1) is 13.2 Å². The fourth-order valence-corrected chi connectivity index (χ4v) is 17.7. The summed E-state index contributed by atoms with van der Waals surface area (Å²) in [5.74, 6) is 0. The molecule has 0 amide bonds. The first-order valence-corrected chi connectivity index (χ1v) is 18.2. The minimum Gasteiger partial charge on any atom is -0.414 e. The largest absolute Gasteiger partial charge is 0.414 e. The number of aliphatic hydroxyl groups is 1.